The van der Waals surface area contributed by atoms with E-state index in [0.717, 1.165) is 30.4 Å². The molecule has 1 aromatic carbocycles. The molecule has 1 aliphatic heterocycles. The van der Waals surface area contributed by atoms with Crippen molar-refractivity contribution >= 4 is 17.2 Å². The van der Waals surface area contributed by atoms with E-state index in [0.29, 0.717) is 11.4 Å². The van der Waals surface area contributed by atoms with Crippen LogP contribution >= 0.6 is 12.2 Å². The number of benzene rings is 1. The van der Waals surface area contributed by atoms with Gasteiger partial charge in [0.1, 0.15) is 12.4 Å². The summed E-state index contributed by atoms with van der Waals surface area (Å²) in [5, 5.41) is 0. The van der Waals surface area contributed by atoms with Gasteiger partial charge in [-0.1, -0.05) is 37.7 Å². The van der Waals surface area contributed by atoms with Crippen molar-refractivity contribution in [3.8, 4) is 5.75 Å². The van der Waals surface area contributed by atoms with Gasteiger partial charge >= 0.3 is 0 Å². The van der Waals surface area contributed by atoms with Gasteiger partial charge in [-0.05, 0) is 43.0 Å². The van der Waals surface area contributed by atoms with Crippen LogP contribution in [0.1, 0.15) is 31.7 Å². The summed E-state index contributed by atoms with van der Waals surface area (Å²) in [6.07, 6.45) is 4.66. The van der Waals surface area contributed by atoms with Gasteiger partial charge in [0.05, 0.1) is 4.99 Å². The normalized spacial score (nSPS) is 19.4. The fourth-order valence-electron chi connectivity index (χ4n) is 2.88. The van der Waals surface area contributed by atoms with Crippen molar-refractivity contribution in [2.45, 2.75) is 32.6 Å². The molecule has 0 radical (unpaired) electrons. The molecule has 0 saturated carbocycles. The first-order valence-electron chi connectivity index (χ1n) is 7.89. The number of ether oxygens (including phenoxy) is 1. The number of likely N-dealkylation sites (tertiary alicyclic amines) is 1. The molecule has 2 N–H and O–H groups in total. The monoisotopic (exact) mass is 306 g/mol. The average Bonchev–Trinajstić information content (AvgIpc) is 2.49. The van der Waals surface area contributed by atoms with E-state index in [-0.39, 0.29) is 0 Å². The zero-order valence-corrected chi connectivity index (χ0v) is 13.7. The zero-order valence-electron chi connectivity index (χ0n) is 12.9. The molecule has 0 spiro atoms. The lowest BCUT2D eigenvalue weighted by Crippen LogP contribution is -2.37. The summed E-state index contributed by atoms with van der Waals surface area (Å²) in [6, 6.07) is 8.06. The molecule has 1 fully saturated rings. The maximum atomic E-state index is 5.83. The Morgan fingerprint density at radius 3 is 2.81 bits per heavy atom. The molecule has 4 heteroatoms. The maximum absolute atomic E-state index is 5.83. The molecule has 1 aromatic rings. The topological polar surface area (TPSA) is 38.5 Å². The van der Waals surface area contributed by atoms with Gasteiger partial charge in [-0.15, -0.1) is 0 Å². The minimum absolute atomic E-state index is 0.527. The first-order valence-corrected chi connectivity index (χ1v) is 8.30. The first-order chi connectivity index (χ1) is 10.2. The van der Waals surface area contributed by atoms with Gasteiger partial charge in [-0.2, -0.15) is 0 Å². The number of hydrogen-bond donors (Lipinski definition) is 1. The summed E-state index contributed by atoms with van der Waals surface area (Å²) in [6.45, 7) is 6.51. The predicted molar refractivity (Wildman–Crippen MR) is 91.9 cm³/mol. The molecule has 1 atom stereocenters. The second kappa shape index (κ2) is 8.35. The van der Waals surface area contributed by atoms with E-state index in [1.165, 1.54) is 32.4 Å². The minimum atomic E-state index is 0.527. The molecule has 1 saturated heterocycles. The third-order valence-electron chi connectivity index (χ3n) is 4.16. The van der Waals surface area contributed by atoms with Gasteiger partial charge in [-0.25, -0.2) is 0 Å². The molecule has 0 aliphatic carbocycles. The van der Waals surface area contributed by atoms with Crippen molar-refractivity contribution in [3.05, 3.63) is 29.8 Å². The van der Waals surface area contributed by atoms with Crippen molar-refractivity contribution in [3.63, 3.8) is 0 Å². The Morgan fingerprint density at radius 1 is 1.38 bits per heavy atom. The number of rotatable bonds is 7. The van der Waals surface area contributed by atoms with Gasteiger partial charge in [0, 0.05) is 19.5 Å². The van der Waals surface area contributed by atoms with Crippen molar-refractivity contribution in [2.75, 3.05) is 26.2 Å². The van der Waals surface area contributed by atoms with E-state index in [1.807, 2.05) is 24.3 Å². The molecule has 0 aromatic heterocycles. The SMILES string of the molecule is CCC1CCCN(CCOc2ccc(CC(N)=S)cc2)C1. The highest BCUT2D eigenvalue weighted by Crippen LogP contribution is 2.19. The summed E-state index contributed by atoms with van der Waals surface area (Å²) in [4.78, 5) is 3.05. The number of nitrogens with zero attached hydrogens (tertiary/aromatic N) is 1. The third-order valence-corrected chi connectivity index (χ3v) is 4.30. The maximum Gasteiger partial charge on any atom is 0.119 e. The Morgan fingerprint density at radius 2 is 2.14 bits per heavy atom. The second-order valence-electron chi connectivity index (χ2n) is 5.85. The van der Waals surface area contributed by atoms with Crippen LogP contribution in [0, 0.1) is 5.92 Å². The Labute approximate surface area is 133 Å². The smallest absolute Gasteiger partial charge is 0.119 e. The lowest BCUT2D eigenvalue weighted by Gasteiger charge is -2.32. The quantitative estimate of drug-likeness (QED) is 0.786. The first kappa shape index (κ1) is 16.2. The number of hydrogen-bond acceptors (Lipinski definition) is 3. The molecule has 2 rings (SSSR count). The van der Waals surface area contributed by atoms with E-state index >= 15 is 0 Å². The van der Waals surface area contributed by atoms with Crippen LogP contribution < -0.4 is 10.5 Å². The Kier molecular flexibility index (Phi) is 6.46. The van der Waals surface area contributed by atoms with Crippen LogP contribution in [-0.2, 0) is 6.42 Å². The Bertz CT molecular complexity index is 447. The highest BCUT2D eigenvalue weighted by Gasteiger charge is 2.17. The lowest BCUT2D eigenvalue weighted by molar-refractivity contribution is 0.145. The standard InChI is InChI=1S/C17H26N2OS/c1-2-14-4-3-9-19(13-14)10-11-20-16-7-5-15(6-8-16)12-17(18)21/h5-8,14H,2-4,9-13H2,1H3,(H2,18,21). The van der Waals surface area contributed by atoms with Gasteiger partial charge in [0.2, 0.25) is 0 Å². The summed E-state index contributed by atoms with van der Waals surface area (Å²) >= 11 is 4.91. The Hall–Kier alpha value is -1.13. The fourth-order valence-corrected chi connectivity index (χ4v) is 3.05. The second-order valence-corrected chi connectivity index (χ2v) is 6.38. The van der Waals surface area contributed by atoms with E-state index in [9.17, 15) is 0 Å². The van der Waals surface area contributed by atoms with E-state index in [4.69, 9.17) is 22.7 Å². The van der Waals surface area contributed by atoms with Gasteiger partial charge in [0.25, 0.3) is 0 Å². The highest BCUT2D eigenvalue weighted by molar-refractivity contribution is 7.80. The third kappa shape index (κ3) is 5.64. The van der Waals surface area contributed by atoms with Crippen LogP contribution in [0.5, 0.6) is 5.75 Å². The summed E-state index contributed by atoms with van der Waals surface area (Å²) in [5.74, 6) is 1.80. The summed E-state index contributed by atoms with van der Waals surface area (Å²) in [7, 11) is 0. The van der Waals surface area contributed by atoms with Gasteiger partial charge < -0.3 is 10.5 Å². The summed E-state index contributed by atoms with van der Waals surface area (Å²) in [5.41, 5.74) is 6.68. The molecule has 3 nitrogen and oxygen atoms in total. The van der Waals surface area contributed by atoms with Crippen molar-refractivity contribution in [2.24, 2.45) is 11.7 Å². The molecule has 21 heavy (non-hydrogen) atoms. The molecule has 1 unspecified atom stereocenters. The lowest BCUT2D eigenvalue weighted by atomic mass is 9.96. The summed E-state index contributed by atoms with van der Waals surface area (Å²) < 4.78 is 5.83. The molecule has 0 bridgehead atoms. The highest BCUT2D eigenvalue weighted by atomic mass is 32.1. The van der Waals surface area contributed by atoms with Crippen LogP contribution in [0.2, 0.25) is 0 Å². The van der Waals surface area contributed by atoms with Gasteiger partial charge in [-0.3, -0.25) is 4.90 Å². The van der Waals surface area contributed by atoms with E-state index in [1.54, 1.807) is 0 Å². The zero-order chi connectivity index (χ0) is 15.1. The molecule has 0 amide bonds. The van der Waals surface area contributed by atoms with E-state index < -0.39 is 0 Å². The molecule has 1 heterocycles. The molecular formula is C17H26N2OS. The predicted octanol–water partition coefficient (Wildman–Crippen LogP) is 3.02. The number of nitrogens with two attached hydrogens (primary N) is 1. The van der Waals surface area contributed by atoms with Gasteiger partial charge in [0.15, 0.2) is 0 Å². The van der Waals surface area contributed by atoms with Crippen LogP contribution in [-0.4, -0.2) is 36.1 Å². The molecular weight excluding hydrogens is 280 g/mol. The van der Waals surface area contributed by atoms with Crippen LogP contribution in [0.15, 0.2) is 24.3 Å². The molecule has 116 valence electrons. The van der Waals surface area contributed by atoms with Crippen LogP contribution in [0.3, 0.4) is 0 Å². The van der Waals surface area contributed by atoms with E-state index in [2.05, 4.69) is 11.8 Å². The van der Waals surface area contributed by atoms with Crippen molar-refractivity contribution in [1.82, 2.24) is 4.90 Å². The fraction of sp³-hybridized carbons (Fsp3) is 0.588. The largest absolute Gasteiger partial charge is 0.492 e. The Balaban J connectivity index is 1.71. The number of thiocarbonyl (C=S) groups is 1. The number of piperidine rings is 1. The van der Waals surface area contributed by atoms with Crippen LogP contribution in [0.25, 0.3) is 0 Å². The molecule has 1 aliphatic rings. The van der Waals surface area contributed by atoms with Crippen LogP contribution in [0.4, 0.5) is 0 Å². The minimum Gasteiger partial charge on any atom is -0.492 e. The van der Waals surface area contributed by atoms with Crippen molar-refractivity contribution in [1.29, 1.82) is 0 Å². The van der Waals surface area contributed by atoms with Crippen molar-refractivity contribution < 1.29 is 4.74 Å². The average molecular weight is 306 g/mol.